The number of aromatic amines is 1. The van der Waals surface area contributed by atoms with Crippen LogP contribution < -0.4 is 16.2 Å². The lowest BCUT2D eigenvalue weighted by Gasteiger charge is -2.15. The number of hydrogen-bond acceptors (Lipinski definition) is 6. The third-order valence-corrected chi connectivity index (χ3v) is 4.20. The van der Waals surface area contributed by atoms with Crippen LogP contribution in [0.5, 0.6) is 0 Å². The highest BCUT2D eigenvalue weighted by Crippen LogP contribution is 2.25. The first kappa shape index (κ1) is 15.6. The van der Waals surface area contributed by atoms with Gasteiger partial charge in [-0.15, -0.1) is 0 Å². The van der Waals surface area contributed by atoms with Gasteiger partial charge in [0.25, 0.3) is 5.56 Å². The number of anilines is 3. The fourth-order valence-electron chi connectivity index (χ4n) is 2.96. The number of rotatable bonds is 4. The van der Waals surface area contributed by atoms with E-state index in [1.54, 1.807) is 12.4 Å². The second-order valence-electron chi connectivity index (χ2n) is 6.18. The number of hydrogen-bond donors (Lipinski definition) is 3. The highest BCUT2D eigenvalue weighted by Gasteiger charge is 2.18. The summed E-state index contributed by atoms with van der Waals surface area (Å²) in [6, 6.07) is 7.75. The molecule has 0 saturated carbocycles. The zero-order chi connectivity index (χ0) is 17.2. The average Bonchev–Trinajstić information content (AvgIpc) is 3.08. The Bertz CT molecular complexity index is 963. The van der Waals surface area contributed by atoms with Gasteiger partial charge < -0.3 is 20.4 Å². The highest BCUT2D eigenvalue weighted by molar-refractivity contribution is 5.93. The molecular formula is C18H19N5O2. The Morgan fingerprint density at radius 2 is 2.20 bits per heavy atom. The number of ether oxygens (including phenoxy) is 1. The average molecular weight is 337 g/mol. The standard InChI is InChI=1S/C18H19N5O2/c1-11-2-5-19-14(8-11)22-15-9-12-3-6-20-18(24)16(12)17(23-15)21-13-4-7-25-10-13/h2-3,5-6,8-9,13H,4,7,10H2,1H3,(H,20,24)(H2,19,21,22,23)/t13-/m1/s1. The summed E-state index contributed by atoms with van der Waals surface area (Å²) in [7, 11) is 0. The summed E-state index contributed by atoms with van der Waals surface area (Å²) in [6.45, 7) is 3.34. The molecule has 1 aliphatic rings. The van der Waals surface area contributed by atoms with Crippen LogP contribution in [0.4, 0.5) is 17.5 Å². The van der Waals surface area contributed by atoms with E-state index in [0.29, 0.717) is 29.4 Å². The molecule has 4 heterocycles. The maximum Gasteiger partial charge on any atom is 0.259 e. The SMILES string of the molecule is Cc1ccnc(Nc2cc3cc[nH]c(=O)c3c(N[C@@H]3CCOC3)n2)c1. The van der Waals surface area contributed by atoms with Gasteiger partial charge in [0.2, 0.25) is 0 Å². The minimum Gasteiger partial charge on any atom is -0.379 e. The highest BCUT2D eigenvalue weighted by atomic mass is 16.5. The van der Waals surface area contributed by atoms with Crippen LogP contribution >= 0.6 is 0 Å². The van der Waals surface area contributed by atoms with Crippen LogP contribution in [0.15, 0.2) is 41.5 Å². The Labute approximate surface area is 144 Å². The van der Waals surface area contributed by atoms with Crippen LogP contribution in [0.3, 0.4) is 0 Å². The zero-order valence-corrected chi connectivity index (χ0v) is 13.9. The molecule has 0 bridgehead atoms. The molecule has 1 atom stereocenters. The van der Waals surface area contributed by atoms with E-state index in [1.807, 2.05) is 31.2 Å². The number of aryl methyl sites for hydroxylation is 1. The van der Waals surface area contributed by atoms with Crippen molar-refractivity contribution in [3.8, 4) is 0 Å². The van der Waals surface area contributed by atoms with Crippen molar-refractivity contribution in [2.24, 2.45) is 0 Å². The third kappa shape index (κ3) is 3.32. The summed E-state index contributed by atoms with van der Waals surface area (Å²) >= 11 is 0. The van der Waals surface area contributed by atoms with Crippen molar-refractivity contribution in [2.45, 2.75) is 19.4 Å². The van der Waals surface area contributed by atoms with E-state index < -0.39 is 0 Å². The molecule has 7 heteroatoms. The lowest BCUT2D eigenvalue weighted by Crippen LogP contribution is -2.22. The summed E-state index contributed by atoms with van der Waals surface area (Å²) < 4.78 is 5.41. The predicted molar refractivity (Wildman–Crippen MR) is 97.5 cm³/mol. The van der Waals surface area contributed by atoms with Crippen LogP contribution in [-0.4, -0.2) is 34.2 Å². The molecule has 128 valence electrons. The summed E-state index contributed by atoms with van der Waals surface area (Å²) in [5.41, 5.74) is 0.947. The molecule has 1 fully saturated rings. The summed E-state index contributed by atoms with van der Waals surface area (Å²) in [5.74, 6) is 1.91. The molecular weight excluding hydrogens is 318 g/mol. The fourth-order valence-corrected chi connectivity index (χ4v) is 2.96. The molecule has 1 aliphatic heterocycles. The van der Waals surface area contributed by atoms with Gasteiger partial charge in [-0.1, -0.05) is 0 Å². The molecule has 0 radical (unpaired) electrons. The van der Waals surface area contributed by atoms with E-state index >= 15 is 0 Å². The van der Waals surface area contributed by atoms with Crippen molar-refractivity contribution in [1.29, 1.82) is 0 Å². The number of nitrogens with one attached hydrogen (secondary N) is 3. The Morgan fingerprint density at radius 1 is 1.28 bits per heavy atom. The van der Waals surface area contributed by atoms with Crippen molar-refractivity contribution < 1.29 is 4.74 Å². The van der Waals surface area contributed by atoms with Crippen LogP contribution in [-0.2, 0) is 4.74 Å². The molecule has 0 unspecified atom stereocenters. The van der Waals surface area contributed by atoms with E-state index in [4.69, 9.17) is 4.74 Å². The molecule has 0 spiro atoms. The van der Waals surface area contributed by atoms with Crippen molar-refractivity contribution in [3.05, 3.63) is 52.6 Å². The third-order valence-electron chi connectivity index (χ3n) is 4.20. The molecule has 0 amide bonds. The predicted octanol–water partition coefficient (Wildman–Crippen LogP) is 2.57. The van der Waals surface area contributed by atoms with Crippen molar-refractivity contribution in [1.82, 2.24) is 15.0 Å². The van der Waals surface area contributed by atoms with Gasteiger partial charge in [0, 0.05) is 19.0 Å². The Balaban J connectivity index is 1.76. The topological polar surface area (TPSA) is 91.9 Å². The van der Waals surface area contributed by atoms with E-state index in [2.05, 4.69) is 25.6 Å². The first-order valence-electron chi connectivity index (χ1n) is 8.25. The van der Waals surface area contributed by atoms with Gasteiger partial charge in [-0.2, -0.15) is 0 Å². The normalized spacial score (nSPS) is 16.9. The quantitative estimate of drug-likeness (QED) is 0.678. The second kappa shape index (κ2) is 6.52. The number of fused-ring (bicyclic) bond motifs is 1. The van der Waals surface area contributed by atoms with Crippen molar-refractivity contribution >= 4 is 28.2 Å². The van der Waals surface area contributed by atoms with Gasteiger partial charge in [-0.25, -0.2) is 9.97 Å². The van der Waals surface area contributed by atoms with Gasteiger partial charge in [0.05, 0.1) is 18.0 Å². The van der Waals surface area contributed by atoms with E-state index in [9.17, 15) is 4.79 Å². The van der Waals surface area contributed by atoms with Gasteiger partial charge >= 0.3 is 0 Å². The number of H-pyrrole nitrogens is 1. The molecule has 25 heavy (non-hydrogen) atoms. The maximum atomic E-state index is 12.3. The largest absolute Gasteiger partial charge is 0.379 e. The van der Waals surface area contributed by atoms with E-state index in [-0.39, 0.29) is 11.6 Å². The molecule has 7 nitrogen and oxygen atoms in total. The van der Waals surface area contributed by atoms with E-state index in [1.165, 1.54) is 0 Å². The van der Waals surface area contributed by atoms with Crippen molar-refractivity contribution in [2.75, 3.05) is 23.8 Å². The lowest BCUT2D eigenvalue weighted by molar-refractivity contribution is 0.195. The Morgan fingerprint density at radius 3 is 3.00 bits per heavy atom. The summed E-state index contributed by atoms with van der Waals surface area (Å²) in [6.07, 6.45) is 4.28. The van der Waals surface area contributed by atoms with Gasteiger partial charge in [0.15, 0.2) is 0 Å². The van der Waals surface area contributed by atoms with E-state index in [0.717, 1.165) is 24.0 Å². The Kier molecular flexibility index (Phi) is 4.07. The van der Waals surface area contributed by atoms with Gasteiger partial charge in [-0.05, 0) is 48.6 Å². The lowest BCUT2D eigenvalue weighted by atomic mass is 10.2. The smallest absolute Gasteiger partial charge is 0.259 e. The van der Waals surface area contributed by atoms with Crippen molar-refractivity contribution in [3.63, 3.8) is 0 Å². The second-order valence-corrected chi connectivity index (χ2v) is 6.18. The van der Waals surface area contributed by atoms with Crippen LogP contribution in [0, 0.1) is 6.92 Å². The minimum atomic E-state index is -0.161. The zero-order valence-electron chi connectivity index (χ0n) is 13.9. The Hall–Kier alpha value is -2.93. The molecule has 0 aromatic carbocycles. The summed E-state index contributed by atoms with van der Waals surface area (Å²) in [5, 5.41) is 7.93. The number of nitrogens with zero attached hydrogens (tertiary/aromatic N) is 2. The first-order chi connectivity index (χ1) is 12.2. The minimum absolute atomic E-state index is 0.155. The van der Waals surface area contributed by atoms with Crippen LogP contribution in [0.1, 0.15) is 12.0 Å². The number of aromatic nitrogens is 3. The molecule has 3 aromatic rings. The fraction of sp³-hybridized carbons (Fsp3) is 0.278. The molecule has 3 aromatic heterocycles. The van der Waals surface area contributed by atoms with Gasteiger partial charge in [0.1, 0.15) is 17.5 Å². The first-order valence-corrected chi connectivity index (χ1v) is 8.25. The molecule has 4 rings (SSSR count). The van der Waals surface area contributed by atoms with Crippen LogP contribution in [0.2, 0.25) is 0 Å². The van der Waals surface area contributed by atoms with Gasteiger partial charge in [-0.3, -0.25) is 4.79 Å². The monoisotopic (exact) mass is 337 g/mol. The molecule has 0 aliphatic carbocycles. The maximum absolute atomic E-state index is 12.3. The molecule has 1 saturated heterocycles. The molecule has 3 N–H and O–H groups in total. The van der Waals surface area contributed by atoms with Crippen LogP contribution in [0.25, 0.3) is 10.8 Å². The summed E-state index contributed by atoms with van der Waals surface area (Å²) in [4.78, 5) is 23.9. The number of pyridine rings is 3.